The van der Waals surface area contributed by atoms with Crippen molar-refractivity contribution in [2.24, 2.45) is 5.92 Å². The number of fused-ring (bicyclic) bond motifs is 1. The zero-order chi connectivity index (χ0) is 22.4. The summed E-state index contributed by atoms with van der Waals surface area (Å²) in [6.45, 7) is 5.47. The molecule has 0 aromatic carbocycles. The van der Waals surface area contributed by atoms with Gasteiger partial charge in [-0.1, -0.05) is 26.3 Å². The fraction of sp³-hybridized carbons (Fsp3) is 0.478. The molecule has 0 bridgehead atoms. The third-order valence-corrected chi connectivity index (χ3v) is 5.67. The molecule has 0 N–H and O–H groups in total. The molecule has 8 nitrogen and oxygen atoms in total. The maximum absolute atomic E-state index is 12.8. The lowest BCUT2D eigenvalue weighted by Crippen LogP contribution is -2.35. The molecule has 31 heavy (non-hydrogen) atoms. The van der Waals surface area contributed by atoms with Gasteiger partial charge in [0.1, 0.15) is 17.9 Å². The van der Waals surface area contributed by atoms with Crippen LogP contribution in [0.25, 0.3) is 0 Å². The summed E-state index contributed by atoms with van der Waals surface area (Å²) in [5.41, 5.74) is 1.33. The maximum Gasteiger partial charge on any atom is 0.343 e. The van der Waals surface area contributed by atoms with Crippen LogP contribution in [0.3, 0.4) is 0 Å². The lowest BCUT2D eigenvalue weighted by Gasteiger charge is -2.21. The number of aromatic nitrogens is 2. The van der Waals surface area contributed by atoms with Gasteiger partial charge in [0.25, 0.3) is 5.56 Å². The standard InChI is InChI=1S/C23H29N3O5/c1-4-16(2)12-20(27)25-9-7-18-22(23(29)30-3)19(13-21(28)26(18)11-10-25)31-15-17-6-5-8-24-14-17/h5-6,8,13-14,16H,4,7,9-12,15H2,1-3H3. The Morgan fingerprint density at radius 2 is 2.06 bits per heavy atom. The van der Waals surface area contributed by atoms with E-state index in [1.165, 1.54) is 13.2 Å². The van der Waals surface area contributed by atoms with E-state index in [-0.39, 0.29) is 29.4 Å². The fourth-order valence-electron chi connectivity index (χ4n) is 3.65. The Morgan fingerprint density at radius 3 is 2.74 bits per heavy atom. The molecule has 2 aromatic rings. The molecule has 8 heteroatoms. The third-order valence-electron chi connectivity index (χ3n) is 5.67. The van der Waals surface area contributed by atoms with E-state index in [4.69, 9.17) is 9.47 Å². The molecule has 0 saturated heterocycles. The minimum absolute atomic E-state index is 0.0721. The Hall–Kier alpha value is -3.16. The highest BCUT2D eigenvalue weighted by molar-refractivity contribution is 5.93. The number of ether oxygens (including phenoxy) is 2. The number of esters is 1. The van der Waals surface area contributed by atoms with Crippen LogP contribution >= 0.6 is 0 Å². The van der Waals surface area contributed by atoms with E-state index in [1.807, 2.05) is 6.07 Å². The second kappa shape index (κ2) is 10.2. The first-order valence-corrected chi connectivity index (χ1v) is 10.6. The zero-order valence-corrected chi connectivity index (χ0v) is 18.3. The number of nitrogens with zero attached hydrogens (tertiary/aromatic N) is 3. The van der Waals surface area contributed by atoms with E-state index in [0.29, 0.717) is 44.1 Å². The van der Waals surface area contributed by atoms with Crippen molar-refractivity contribution in [3.05, 3.63) is 57.8 Å². The summed E-state index contributed by atoms with van der Waals surface area (Å²) in [6.07, 6.45) is 5.10. The molecular formula is C23H29N3O5. The molecule has 0 fully saturated rings. The van der Waals surface area contributed by atoms with Crippen molar-refractivity contribution >= 4 is 11.9 Å². The van der Waals surface area contributed by atoms with Gasteiger partial charge in [-0.05, 0) is 12.0 Å². The molecule has 1 amide bonds. The zero-order valence-electron chi connectivity index (χ0n) is 18.3. The average Bonchev–Trinajstić information content (AvgIpc) is 3.01. The Balaban J connectivity index is 1.89. The Morgan fingerprint density at radius 1 is 1.26 bits per heavy atom. The van der Waals surface area contributed by atoms with E-state index in [0.717, 1.165) is 12.0 Å². The van der Waals surface area contributed by atoms with Gasteiger partial charge < -0.3 is 18.9 Å². The quantitative estimate of drug-likeness (QED) is 0.631. The summed E-state index contributed by atoms with van der Waals surface area (Å²) < 4.78 is 12.4. The molecule has 1 aliphatic heterocycles. The SMILES string of the molecule is CCC(C)CC(=O)N1CCc2c(C(=O)OC)c(OCc3cccnc3)cc(=O)n2CC1. The average molecular weight is 428 g/mol. The number of carbonyl (C=O) groups is 2. The van der Waals surface area contributed by atoms with Crippen LogP contribution < -0.4 is 10.3 Å². The second-order valence-electron chi connectivity index (χ2n) is 7.81. The van der Waals surface area contributed by atoms with Crippen molar-refractivity contribution in [3.63, 3.8) is 0 Å². The van der Waals surface area contributed by atoms with Gasteiger partial charge >= 0.3 is 5.97 Å². The van der Waals surface area contributed by atoms with Crippen molar-refractivity contribution in [2.45, 2.75) is 46.3 Å². The normalized spacial score (nSPS) is 14.4. The molecule has 0 aliphatic carbocycles. The molecule has 2 aromatic heterocycles. The van der Waals surface area contributed by atoms with E-state index in [1.54, 1.807) is 27.9 Å². The summed E-state index contributed by atoms with van der Waals surface area (Å²) in [5, 5.41) is 0. The van der Waals surface area contributed by atoms with Crippen LogP contribution in [0.5, 0.6) is 5.75 Å². The molecule has 0 spiro atoms. The molecule has 3 heterocycles. The predicted octanol–water partition coefficient (Wildman–Crippen LogP) is 2.43. The van der Waals surface area contributed by atoms with E-state index in [9.17, 15) is 14.4 Å². The van der Waals surface area contributed by atoms with Crippen LogP contribution in [-0.2, 0) is 29.1 Å². The van der Waals surface area contributed by atoms with Crippen LogP contribution in [0.15, 0.2) is 35.4 Å². The number of hydrogen-bond donors (Lipinski definition) is 0. The van der Waals surface area contributed by atoms with Crippen molar-refractivity contribution in [1.29, 1.82) is 0 Å². The van der Waals surface area contributed by atoms with Gasteiger partial charge in [0.05, 0.1) is 7.11 Å². The van der Waals surface area contributed by atoms with Gasteiger partial charge in [0, 0.05) is 62.2 Å². The Bertz CT molecular complexity index is 987. The monoisotopic (exact) mass is 427 g/mol. The van der Waals surface area contributed by atoms with Gasteiger partial charge in [-0.3, -0.25) is 14.6 Å². The van der Waals surface area contributed by atoms with Crippen molar-refractivity contribution in [2.75, 3.05) is 20.2 Å². The first kappa shape index (κ1) is 22.5. The van der Waals surface area contributed by atoms with Gasteiger partial charge in [0.15, 0.2) is 0 Å². The summed E-state index contributed by atoms with van der Waals surface area (Å²) in [5.74, 6) is -0.00233. The summed E-state index contributed by atoms with van der Waals surface area (Å²) in [4.78, 5) is 44.0. The highest BCUT2D eigenvalue weighted by Gasteiger charge is 2.27. The highest BCUT2D eigenvalue weighted by atomic mass is 16.5. The van der Waals surface area contributed by atoms with E-state index >= 15 is 0 Å². The van der Waals surface area contributed by atoms with E-state index < -0.39 is 5.97 Å². The highest BCUT2D eigenvalue weighted by Crippen LogP contribution is 2.25. The topological polar surface area (TPSA) is 90.7 Å². The molecule has 166 valence electrons. The number of pyridine rings is 2. The van der Waals surface area contributed by atoms with Crippen LogP contribution in [0.4, 0.5) is 0 Å². The van der Waals surface area contributed by atoms with Gasteiger partial charge in [-0.15, -0.1) is 0 Å². The molecular weight excluding hydrogens is 398 g/mol. The summed E-state index contributed by atoms with van der Waals surface area (Å²) >= 11 is 0. The maximum atomic E-state index is 12.8. The number of hydrogen-bond acceptors (Lipinski definition) is 6. The van der Waals surface area contributed by atoms with Gasteiger partial charge in [0.2, 0.25) is 5.91 Å². The Labute approximate surface area is 181 Å². The predicted molar refractivity (Wildman–Crippen MR) is 115 cm³/mol. The van der Waals surface area contributed by atoms with Crippen molar-refractivity contribution in [1.82, 2.24) is 14.5 Å². The summed E-state index contributed by atoms with van der Waals surface area (Å²) in [6, 6.07) is 4.96. The summed E-state index contributed by atoms with van der Waals surface area (Å²) in [7, 11) is 1.30. The van der Waals surface area contributed by atoms with Crippen LogP contribution in [0.2, 0.25) is 0 Å². The number of amides is 1. The number of carbonyl (C=O) groups excluding carboxylic acids is 2. The number of rotatable bonds is 7. The largest absolute Gasteiger partial charge is 0.488 e. The minimum atomic E-state index is -0.565. The molecule has 1 unspecified atom stereocenters. The van der Waals surface area contributed by atoms with Crippen molar-refractivity contribution < 1.29 is 19.1 Å². The third kappa shape index (κ3) is 5.31. The minimum Gasteiger partial charge on any atom is -0.488 e. The van der Waals surface area contributed by atoms with E-state index in [2.05, 4.69) is 18.8 Å². The molecule has 0 saturated carbocycles. The Kier molecular flexibility index (Phi) is 7.44. The smallest absolute Gasteiger partial charge is 0.343 e. The molecule has 3 rings (SSSR count). The van der Waals surface area contributed by atoms with Crippen LogP contribution in [0, 0.1) is 5.92 Å². The van der Waals surface area contributed by atoms with Crippen LogP contribution in [-0.4, -0.2) is 46.5 Å². The second-order valence-corrected chi connectivity index (χ2v) is 7.81. The first-order valence-electron chi connectivity index (χ1n) is 10.6. The lowest BCUT2D eigenvalue weighted by molar-refractivity contribution is -0.132. The fourth-order valence-corrected chi connectivity index (χ4v) is 3.65. The lowest BCUT2D eigenvalue weighted by atomic mass is 10.0. The first-order chi connectivity index (χ1) is 14.9. The molecule has 1 aliphatic rings. The molecule has 0 radical (unpaired) electrons. The van der Waals surface area contributed by atoms with Gasteiger partial charge in [-0.2, -0.15) is 0 Å². The van der Waals surface area contributed by atoms with Crippen LogP contribution in [0.1, 0.15) is 48.3 Å². The molecule has 1 atom stereocenters. The number of methoxy groups -OCH3 is 1. The van der Waals surface area contributed by atoms with Gasteiger partial charge in [-0.25, -0.2) is 4.79 Å². The van der Waals surface area contributed by atoms with Crippen molar-refractivity contribution in [3.8, 4) is 5.75 Å².